The molecule has 3 rings (SSSR count). The smallest absolute Gasteiger partial charge is 0.201 e. The molecule has 0 radical (unpaired) electrons. The number of fused-ring (bicyclic) bond motifs is 1. The number of hydrogen-bond donors (Lipinski definition) is 0. The maximum absolute atomic E-state index is 12.5. The van der Waals surface area contributed by atoms with E-state index in [-0.39, 0.29) is 12.3 Å². The monoisotopic (exact) mass is 332 g/mol. The summed E-state index contributed by atoms with van der Waals surface area (Å²) in [5.74, 6) is 0.0133. The van der Waals surface area contributed by atoms with Crippen molar-refractivity contribution in [1.29, 1.82) is 0 Å². The van der Waals surface area contributed by atoms with E-state index in [1.165, 1.54) is 0 Å². The summed E-state index contributed by atoms with van der Waals surface area (Å²) in [5.41, 5.74) is 2.45. The molecule has 0 bridgehead atoms. The molecule has 1 aromatic carbocycles. The summed E-state index contributed by atoms with van der Waals surface area (Å²) in [4.78, 5) is 16.8. The number of carbonyl (C=O) groups excluding carboxylic acids is 1. The Kier molecular flexibility index (Phi) is 3.40. The zero-order valence-electron chi connectivity index (χ0n) is 11.0. The number of hydrogen-bond acceptors (Lipinski definition) is 3. The summed E-state index contributed by atoms with van der Waals surface area (Å²) < 4.78 is 4.29. The molecular formula is C14H13BrN4O. The van der Waals surface area contributed by atoms with Crippen LogP contribution < -0.4 is 0 Å². The lowest BCUT2D eigenvalue weighted by Gasteiger charge is -2.06. The fourth-order valence-corrected chi connectivity index (χ4v) is 2.76. The maximum Gasteiger partial charge on any atom is 0.201 e. The normalized spacial score (nSPS) is 11.1. The first-order valence-corrected chi connectivity index (χ1v) is 7.14. The van der Waals surface area contributed by atoms with Crippen LogP contribution in [-0.4, -0.2) is 25.1 Å². The Hall–Kier alpha value is -1.95. The molecule has 0 aliphatic carbocycles. The van der Waals surface area contributed by atoms with Crippen molar-refractivity contribution in [3.8, 4) is 0 Å². The molecule has 0 aliphatic rings. The summed E-state index contributed by atoms with van der Waals surface area (Å²) in [6.07, 6.45) is 3.35. The first kappa shape index (κ1) is 13.1. The van der Waals surface area contributed by atoms with Crippen LogP contribution in [-0.2, 0) is 13.1 Å². The van der Waals surface area contributed by atoms with Gasteiger partial charge in [-0.2, -0.15) is 5.10 Å². The zero-order valence-corrected chi connectivity index (χ0v) is 12.5. The number of ketones is 1. The molecule has 2 aromatic heterocycles. The summed E-state index contributed by atoms with van der Waals surface area (Å²) >= 11 is 3.38. The van der Waals surface area contributed by atoms with Gasteiger partial charge in [0.05, 0.1) is 34.6 Å². The van der Waals surface area contributed by atoms with Crippen LogP contribution in [0.25, 0.3) is 11.0 Å². The largest absolute Gasteiger partial charge is 0.323 e. The van der Waals surface area contributed by atoms with Crippen molar-refractivity contribution in [2.75, 3.05) is 0 Å². The standard InChI is InChI=1S/C14H13BrN4O/c1-2-19-14(10(15)7-17-19)13(20)8-18-9-16-11-5-3-4-6-12(11)18/h3-7,9H,2,8H2,1H3. The van der Waals surface area contributed by atoms with E-state index in [1.807, 2.05) is 35.8 Å². The van der Waals surface area contributed by atoms with Gasteiger partial charge in [0.1, 0.15) is 5.69 Å². The molecule has 3 aromatic rings. The van der Waals surface area contributed by atoms with Crippen molar-refractivity contribution in [2.45, 2.75) is 20.0 Å². The van der Waals surface area contributed by atoms with Crippen LogP contribution in [0.15, 0.2) is 41.3 Å². The van der Waals surface area contributed by atoms with Gasteiger partial charge in [0, 0.05) is 6.54 Å². The number of halogens is 1. The lowest BCUT2D eigenvalue weighted by atomic mass is 10.2. The molecule has 0 unspecified atom stereocenters. The second-order valence-corrected chi connectivity index (χ2v) is 5.30. The zero-order chi connectivity index (χ0) is 14.1. The highest BCUT2D eigenvalue weighted by Gasteiger charge is 2.17. The highest BCUT2D eigenvalue weighted by molar-refractivity contribution is 9.10. The van der Waals surface area contributed by atoms with Gasteiger partial charge in [-0.1, -0.05) is 12.1 Å². The average Bonchev–Trinajstić information content (AvgIpc) is 3.03. The maximum atomic E-state index is 12.5. The van der Waals surface area contributed by atoms with E-state index in [2.05, 4.69) is 26.0 Å². The van der Waals surface area contributed by atoms with Gasteiger partial charge in [-0.3, -0.25) is 9.48 Å². The molecule has 0 atom stereocenters. The van der Waals surface area contributed by atoms with Gasteiger partial charge < -0.3 is 4.57 Å². The van der Waals surface area contributed by atoms with Crippen molar-refractivity contribution >= 4 is 32.7 Å². The van der Waals surface area contributed by atoms with Crippen LogP contribution in [0.1, 0.15) is 17.4 Å². The molecule has 0 fully saturated rings. The van der Waals surface area contributed by atoms with Gasteiger partial charge in [-0.25, -0.2) is 4.98 Å². The van der Waals surface area contributed by atoms with Gasteiger partial charge in [0.2, 0.25) is 5.78 Å². The third-order valence-corrected chi connectivity index (χ3v) is 3.78. The molecule has 0 spiro atoms. The van der Waals surface area contributed by atoms with E-state index in [9.17, 15) is 4.79 Å². The Morgan fingerprint density at radius 1 is 1.35 bits per heavy atom. The molecule has 6 heteroatoms. The number of carbonyl (C=O) groups is 1. The van der Waals surface area contributed by atoms with Gasteiger partial charge in [-0.05, 0) is 35.0 Å². The number of imidazole rings is 1. The number of para-hydroxylation sites is 2. The Labute approximate surface area is 124 Å². The van der Waals surface area contributed by atoms with Crippen LogP contribution >= 0.6 is 15.9 Å². The van der Waals surface area contributed by atoms with Crippen LogP contribution in [0.5, 0.6) is 0 Å². The molecule has 0 amide bonds. The summed E-state index contributed by atoms with van der Waals surface area (Å²) in [5, 5.41) is 4.17. The number of aryl methyl sites for hydroxylation is 1. The SMILES string of the molecule is CCn1ncc(Br)c1C(=O)Cn1cnc2ccccc21. The molecule has 2 heterocycles. The third kappa shape index (κ3) is 2.16. The van der Waals surface area contributed by atoms with E-state index in [4.69, 9.17) is 0 Å². The molecule has 0 saturated carbocycles. The predicted octanol–water partition coefficient (Wildman–Crippen LogP) is 2.90. The Morgan fingerprint density at radius 2 is 2.15 bits per heavy atom. The number of Topliss-reactive ketones (excluding diaryl/α,β-unsaturated/α-hetero) is 1. The summed E-state index contributed by atoms with van der Waals surface area (Å²) in [7, 11) is 0. The van der Waals surface area contributed by atoms with Gasteiger partial charge in [0.15, 0.2) is 0 Å². The topological polar surface area (TPSA) is 52.7 Å². The van der Waals surface area contributed by atoms with Gasteiger partial charge >= 0.3 is 0 Å². The second-order valence-electron chi connectivity index (χ2n) is 4.44. The molecule has 5 nitrogen and oxygen atoms in total. The highest BCUT2D eigenvalue weighted by Crippen LogP contribution is 2.19. The Morgan fingerprint density at radius 3 is 2.95 bits per heavy atom. The van der Waals surface area contributed by atoms with E-state index in [0.717, 1.165) is 15.5 Å². The first-order valence-electron chi connectivity index (χ1n) is 6.35. The molecule has 0 N–H and O–H groups in total. The molecular weight excluding hydrogens is 320 g/mol. The summed E-state index contributed by atoms with van der Waals surface area (Å²) in [6, 6.07) is 7.77. The van der Waals surface area contributed by atoms with Crippen LogP contribution in [0.2, 0.25) is 0 Å². The number of nitrogens with zero attached hydrogens (tertiary/aromatic N) is 4. The molecule has 20 heavy (non-hydrogen) atoms. The van der Waals surface area contributed by atoms with E-state index < -0.39 is 0 Å². The number of aromatic nitrogens is 4. The van der Waals surface area contributed by atoms with Gasteiger partial charge in [-0.15, -0.1) is 0 Å². The lowest BCUT2D eigenvalue weighted by Crippen LogP contribution is -2.15. The molecule has 0 saturated heterocycles. The Bertz CT molecular complexity index is 774. The van der Waals surface area contributed by atoms with Crippen LogP contribution in [0, 0.1) is 0 Å². The third-order valence-electron chi connectivity index (χ3n) is 3.20. The van der Waals surface area contributed by atoms with Crippen molar-refractivity contribution in [1.82, 2.24) is 19.3 Å². The van der Waals surface area contributed by atoms with Crippen molar-refractivity contribution in [3.05, 3.63) is 47.0 Å². The number of benzene rings is 1. The minimum atomic E-state index is 0.0133. The molecule has 0 aliphatic heterocycles. The highest BCUT2D eigenvalue weighted by atomic mass is 79.9. The Balaban J connectivity index is 1.95. The van der Waals surface area contributed by atoms with E-state index in [1.54, 1.807) is 17.2 Å². The molecule has 102 valence electrons. The van der Waals surface area contributed by atoms with Crippen LogP contribution in [0.3, 0.4) is 0 Å². The number of rotatable bonds is 4. The minimum Gasteiger partial charge on any atom is -0.323 e. The minimum absolute atomic E-state index is 0.0133. The fraction of sp³-hybridized carbons (Fsp3) is 0.214. The van der Waals surface area contributed by atoms with Crippen molar-refractivity contribution in [3.63, 3.8) is 0 Å². The quantitative estimate of drug-likeness (QED) is 0.690. The average molecular weight is 333 g/mol. The second kappa shape index (κ2) is 5.20. The van der Waals surface area contributed by atoms with E-state index in [0.29, 0.717) is 12.2 Å². The predicted molar refractivity (Wildman–Crippen MR) is 79.7 cm³/mol. The van der Waals surface area contributed by atoms with Crippen molar-refractivity contribution < 1.29 is 4.79 Å². The van der Waals surface area contributed by atoms with Crippen molar-refractivity contribution in [2.24, 2.45) is 0 Å². The lowest BCUT2D eigenvalue weighted by molar-refractivity contribution is 0.0962. The van der Waals surface area contributed by atoms with Crippen LogP contribution in [0.4, 0.5) is 0 Å². The van der Waals surface area contributed by atoms with E-state index >= 15 is 0 Å². The van der Waals surface area contributed by atoms with Gasteiger partial charge in [0.25, 0.3) is 0 Å². The summed E-state index contributed by atoms with van der Waals surface area (Å²) in [6.45, 7) is 2.88. The first-order chi connectivity index (χ1) is 9.70. The fourth-order valence-electron chi connectivity index (χ4n) is 2.25.